The van der Waals surface area contributed by atoms with E-state index in [1.165, 1.54) is 18.9 Å². The van der Waals surface area contributed by atoms with Crippen molar-refractivity contribution in [2.45, 2.75) is 20.3 Å². The zero-order valence-corrected chi connectivity index (χ0v) is 20.2. The number of hydrogen-bond acceptors (Lipinski definition) is 7. The molecule has 1 amide bonds. The maximum absolute atomic E-state index is 13.1. The number of halogens is 1. The Hall–Kier alpha value is -2.97. The van der Waals surface area contributed by atoms with Gasteiger partial charge in [-0.3, -0.25) is 9.69 Å². The lowest BCUT2D eigenvalue weighted by atomic mass is 10.2. The van der Waals surface area contributed by atoms with E-state index < -0.39 is 5.97 Å². The van der Waals surface area contributed by atoms with Crippen molar-refractivity contribution in [1.29, 1.82) is 0 Å². The number of ether oxygens (including phenoxy) is 3. The molecule has 9 heteroatoms. The van der Waals surface area contributed by atoms with Crippen molar-refractivity contribution in [3.63, 3.8) is 0 Å². The number of methoxy groups -OCH3 is 1. The van der Waals surface area contributed by atoms with Gasteiger partial charge in [-0.15, -0.1) is 0 Å². The molecule has 1 aliphatic rings. The van der Waals surface area contributed by atoms with E-state index in [0.29, 0.717) is 39.7 Å². The van der Waals surface area contributed by atoms with Crippen LogP contribution in [-0.2, 0) is 14.3 Å². The van der Waals surface area contributed by atoms with Gasteiger partial charge in [0.2, 0.25) is 0 Å². The summed E-state index contributed by atoms with van der Waals surface area (Å²) < 4.78 is 15.8. The summed E-state index contributed by atoms with van der Waals surface area (Å²) in [5.41, 5.74) is 1.49. The standard InChI is InChI=1S/C24H25ClN2O5S/c1-4-12-27-23(29)21(33-24(27)26-18-9-7-17(25)8-10-18)14-16-6-11-19(20(13-16)31-5-2)32-15-22(28)30-3/h6-11,13-14H,4-5,12,15H2,1-3H3/b21-14-,26-24?. The van der Waals surface area contributed by atoms with Crippen LogP contribution in [0.15, 0.2) is 52.4 Å². The van der Waals surface area contributed by atoms with Crippen LogP contribution in [0.1, 0.15) is 25.8 Å². The topological polar surface area (TPSA) is 77.4 Å². The second-order valence-corrected chi connectivity index (χ2v) is 8.39. The average Bonchev–Trinajstić information content (AvgIpc) is 3.09. The van der Waals surface area contributed by atoms with E-state index in [1.54, 1.807) is 41.3 Å². The fourth-order valence-corrected chi connectivity index (χ4v) is 4.14. The largest absolute Gasteiger partial charge is 0.490 e. The number of hydrogen-bond donors (Lipinski definition) is 0. The predicted molar refractivity (Wildman–Crippen MR) is 131 cm³/mol. The Balaban J connectivity index is 1.88. The first-order valence-corrected chi connectivity index (χ1v) is 11.7. The summed E-state index contributed by atoms with van der Waals surface area (Å²) >= 11 is 7.29. The summed E-state index contributed by atoms with van der Waals surface area (Å²) in [7, 11) is 1.30. The number of benzene rings is 2. The maximum Gasteiger partial charge on any atom is 0.343 e. The zero-order chi connectivity index (χ0) is 23.8. The quantitative estimate of drug-likeness (QED) is 0.352. The lowest BCUT2D eigenvalue weighted by molar-refractivity contribution is -0.142. The Kier molecular flexibility index (Phi) is 8.79. The Labute approximate surface area is 202 Å². The summed E-state index contributed by atoms with van der Waals surface area (Å²) in [6.45, 7) is 4.64. The van der Waals surface area contributed by atoms with E-state index >= 15 is 0 Å². The van der Waals surface area contributed by atoms with Crippen LogP contribution in [0.4, 0.5) is 5.69 Å². The molecule has 0 aliphatic carbocycles. The van der Waals surface area contributed by atoms with Crippen LogP contribution in [-0.4, -0.2) is 48.8 Å². The SMILES string of the molecule is CCCN1C(=O)/C(=C/c2ccc(OCC(=O)OC)c(OCC)c2)SC1=Nc1ccc(Cl)cc1. The third-order valence-corrected chi connectivity index (χ3v) is 5.78. The van der Waals surface area contributed by atoms with Gasteiger partial charge in [0.25, 0.3) is 5.91 Å². The molecule has 2 aromatic carbocycles. The molecule has 0 saturated carbocycles. The number of aliphatic imine (C=N–C) groups is 1. The lowest BCUT2D eigenvalue weighted by Gasteiger charge is -2.14. The van der Waals surface area contributed by atoms with Crippen molar-refractivity contribution in [2.75, 3.05) is 26.9 Å². The second-order valence-electron chi connectivity index (χ2n) is 6.94. The zero-order valence-electron chi connectivity index (χ0n) is 18.7. The molecule has 174 valence electrons. The van der Waals surface area contributed by atoms with E-state index in [1.807, 2.05) is 26.0 Å². The van der Waals surface area contributed by atoms with Gasteiger partial charge in [-0.1, -0.05) is 24.6 Å². The number of carbonyl (C=O) groups is 2. The Morgan fingerprint density at radius 3 is 2.55 bits per heavy atom. The van der Waals surface area contributed by atoms with Crippen molar-refractivity contribution >= 4 is 52.2 Å². The van der Waals surface area contributed by atoms with Crippen molar-refractivity contribution in [3.05, 3.63) is 58.0 Å². The molecule has 3 rings (SSSR count). The molecule has 1 saturated heterocycles. The maximum atomic E-state index is 13.1. The van der Waals surface area contributed by atoms with Crippen LogP contribution in [0.25, 0.3) is 6.08 Å². The first-order chi connectivity index (χ1) is 15.9. The molecule has 0 bridgehead atoms. The highest BCUT2D eigenvalue weighted by Crippen LogP contribution is 2.36. The summed E-state index contributed by atoms with van der Waals surface area (Å²) in [6, 6.07) is 12.4. The van der Waals surface area contributed by atoms with Crippen LogP contribution in [0.3, 0.4) is 0 Å². The lowest BCUT2D eigenvalue weighted by Crippen LogP contribution is -2.29. The monoisotopic (exact) mass is 488 g/mol. The van der Waals surface area contributed by atoms with Gasteiger partial charge in [-0.05, 0) is 73.1 Å². The van der Waals surface area contributed by atoms with Crippen LogP contribution in [0.2, 0.25) is 5.02 Å². The summed E-state index contributed by atoms with van der Waals surface area (Å²) in [5.74, 6) is 0.317. The summed E-state index contributed by atoms with van der Waals surface area (Å²) in [6.07, 6.45) is 2.60. The Morgan fingerprint density at radius 1 is 1.12 bits per heavy atom. The molecule has 0 N–H and O–H groups in total. The highest BCUT2D eigenvalue weighted by atomic mass is 35.5. The van der Waals surface area contributed by atoms with Crippen LogP contribution in [0.5, 0.6) is 11.5 Å². The highest BCUT2D eigenvalue weighted by molar-refractivity contribution is 8.18. The molecule has 2 aromatic rings. The fraction of sp³-hybridized carbons (Fsp3) is 0.292. The number of esters is 1. The first kappa shape index (κ1) is 24.7. The van der Waals surface area contributed by atoms with Gasteiger partial charge in [0.15, 0.2) is 23.3 Å². The minimum absolute atomic E-state index is 0.0986. The molecule has 0 unspecified atom stereocenters. The highest BCUT2D eigenvalue weighted by Gasteiger charge is 2.32. The fourth-order valence-electron chi connectivity index (χ4n) is 2.99. The second kappa shape index (κ2) is 11.8. The minimum atomic E-state index is -0.486. The third kappa shape index (κ3) is 6.52. The molecule has 1 fully saturated rings. The Morgan fingerprint density at radius 2 is 1.88 bits per heavy atom. The van der Waals surface area contributed by atoms with Crippen LogP contribution < -0.4 is 9.47 Å². The van der Waals surface area contributed by atoms with E-state index in [4.69, 9.17) is 21.1 Å². The average molecular weight is 489 g/mol. The van der Waals surface area contributed by atoms with Gasteiger partial charge in [0.1, 0.15) is 0 Å². The molecule has 1 aliphatic heterocycles. The molecule has 0 aromatic heterocycles. The number of rotatable bonds is 9. The first-order valence-electron chi connectivity index (χ1n) is 10.5. The molecule has 0 radical (unpaired) electrons. The van der Waals surface area contributed by atoms with Gasteiger partial charge in [0, 0.05) is 11.6 Å². The number of carbonyl (C=O) groups excluding carboxylic acids is 2. The molecular weight excluding hydrogens is 464 g/mol. The molecule has 0 atom stereocenters. The van der Waals surface area contributed by atoms with Gasteiger partial charge in [-0.25, -0.2) is 9.79 Å². The van der Waals surface area contributed by atoms with E-state index in [0.717, 1.165) is 17.7 Å². The number of nitrogens with zero attached hydrogens (tertiary/aromatic N) is 2. The van der Waals surface area contributed by atoms with Gasteiger partial charge in [-0.2, -0.15) is 0 Å². The van der Waals surface area contributed by atoms with E-state index in [-0.39, 0.29) is 12.5 Å². The molecule has 33 heavy (non-hydrogen) atoms. The van der Waals surface area contributed by atoms with Crippen molar-refractivity contribution in [2.24, 2.45) is 4.99 Å². The van der Waals surface area contributed by atoms with Crippen molar-refractivity contribution < 1.29 is 23.8 Å². The number of amides is 1. The molecule has 0 spiro atoms. The van der Waals surface area contributed by atoms with Crippen LogP contribution in [0, 0.1) is 0 Å². The van der Waals surface area contributed by atoms with E-state index in [9.17, 15) is 9.59 Å². The molecule has 7 nitrogen and oxygen atoms in total. The van der Waals surface area contributed by atoms with Crippen molar-refractivity contribution in [1.82, 2.24) is 4.90 Å². The van der Waals surface area contributed by atoms with E-state index in [2.05, 4.69) is 9.73 Å². The predicted octanol–water partition coefficient (Wildman–Crippen LogP) is 5.30. The van der Waals surface area contributed by atoms with Crippen molar-refractivity contribution in [3.8, 4) is 11.5 Å². The smallest absolute Gasteiger partial charge is 0.343 e. The van der Waals surface area contributed by atoms with Gasteiger partial charge < -0.3 is 14.2 Å². The normalized spacial score (nSPS) is 15.9. The van der Waals surface area contributed by atoms with Crippen LogP contribution >= 0.6 is 23.4 Å². The third-order valence-electron chi connectivity index (χ3n) is 4.53. The van der Waals surface area contributed by atoms with Gasteiger partial charge in [0.05, 0.1) is 24.3 Å². The summed E-state index contributed by atoms with van der Waals surface area (Å²) in [4.78, 5) is 31.3. The minimum Gasteiger partial charge on any atom is -0.490 e. The van der Waals surface area contributed by atoms with Gasteiger partial charge >= 0.3 is 5.97 Å². The number of thioether (sulfide) groups is 1. The molecular formula is C24H25ClN2O5S. The Bertz CT molecular complexity index is 1070. The summed E-state index contributed by atoms with van der Waals surface area (Å²) in [5, 5.41) is 1.25. The molecule has 1 heterocycles. The number of amidine groups is 1.